The third-order valence-corrected chi connectivity index (χ3v) is 4.12. The van der Waals surface area contributed by atoms with Crippen molar-refractivity contribution in [3.05, 3.63) is 47.9 Å². The van der Waals surface area contributed by atoms with Crippen LogP contribution in [0, 0.1) is 18.7 Å². The summed E-state index contributed by atoms with van der Waals surface area (Å²) in [4.78, 5) is 18.1. The maximum atomic E-state index is 12.8. The number of carbonyl (C=O) groups excluding carboxylic acids is 1. The highest BCUT2D eigenvalue weighted by atomic mass is 19.1. The van der Waals surface area contributed by atoms with Crippen molar-refractivity contribution >= 4 is 5.91 Å². The predicted molar refractivity (Wildman–Crippen MR) is 81.8 cm³/mol. The van der Waals surface area contributed by atoms with Crippen molar-refractivity contribution in [1.29, 1.82) is 0 Å². The van der Waals surface area contributed by atoms with E-state index in [2.05, 4.69) is 4.98 Å². The Balaban J connectivity index is 1.46. The first-order chi connectivity index (χ1) is 11.1. The van der Waals surface area contributed by atoms with Crippen LogP contribution in [0.15, 0.2) is 35.1 Å². The zero-order chi connectivity index (χ0) is 16.2. The van der Waals surface area contributed by atoms with Crippen LogP contribution in [0.4, 0.5) is 4.39 Å². The largest absolute Gasteiger partial charge is 0.494 e. The lowest BCUT2D eigenvalue weighted by Gasteiger charge is -2.15. The van der Waals surface area contributed by atoms with Crippen LogP contribution in [-0.4, -0.2) is 35.5 Å². The van der Waals surface area contributed by atoms with Gasteiger partial charge in [-0.15, -0.1) is 0 Å². The average Bonchev–Trinajstić information content (AvgIpc) is 3.18. The van der Waals surface area contributed by atoms with E-state index in [1.54, 1.807) is 24.0 Å². The number of ether oxygens (including phenoxy) is 1. The van der Waals surface area contributed by atoms with Gasteiger partial charge in [-0.05, 0) is 49.9 Å². The highest BCUT2D eigenvalue weighted by Gasteiger charge is 2.29. The molecule has 1 saturated heterocycles. The van der Waals surface area contributed by atoms with Gasteiger partial charge in [-0.3, -0.25) is 4.79 Å². The zero-order valence-electron chi connectivity index (χ0n) is 13.0. The quantitative estimate of drug-likeness (QED) is 0.850. The number of rotatable bonds is 5. The van der Waals surface area contributed by atoms with E-state index in [1.807, 2.05) is 0 Å². The molecule has 5 nitrogen and oxygen atoms in total. The molecule has 1 aliphatic heterocycles. The number of benzene rings is 1. The van der Waals surface area contributed by atoms with Crippen molar-refractivity contribution in [2.75, 3.05) is 19.7 Å². The Morgan fingerprint density at radius 3 is 2.91 bits per heavy atom. The summed E-state index contributed by atoms with van der Waals surface area (Å²) in [6, 6.07) is 6.00. The summed E-state index contributed by atoms with van der Waals surface area (Å²) in [6.45, 7) is 3.74. The third-order valence-electron chi connectivity index (χ3n) is 4.12. The van der Waals surface area contributed by atoms with Gasteiger partial charge in [-0.2, -0.15) is 0 Å². The molecule has 0 aliphatic carbocycles. The minimum atomic E-state index is -0.273. The topological polar surface area (TPSA) is 55.6 Å². The molecule has 1 aliphatic rings. The lowest BCUT2D eigenvalue weighted by Crippen LogP contribution is -2.29. The van der Waals surface area contributed by atoms with Gasteiger partial charge in [0.05, 0.1) is 12.3 Å². The van der Waals surface area contributed by atoms with Gasteiger partial charge in [0.2, 0.25) is 5.76 Å². The molecular weight excluding hydrogens is 299 g/mol. The Morgan fingerprint density at radius 1 is 1.43 bits per heavy atom. The Labute approximate surface area is 134 Å². The number of aryl methyl sites for hydroxylation is 1. The third kappa shape index (κ3) is 3.70. The smallest absolute Gasteiger partial charge is 0.291 e. The molecule has 0 bridgehead atoms. The first-order valence-corrected chi connectivity index (χ1v) is 7.71. The zero-order valence-corrected chi connectivity index (χ0v) is 13.0. The number of oxazole rings is 1. The summed E-state index contributed by atoms with van der Waals surface area (Å²) in [6.07, 6.45) is 3.11. The Kier molecular flexibility index (Phi) is 4.60. The second kappa shape index (κ2) is 6.81. The molecule has 1 amide bonds. The summed E-state index contributed by atoms with van der Waals surface area (Å²) in [5.41, 5.74) is 0.623. The molecule has 1 aromatic carbocycles. The maximum absolute atomic E-state index is 12.8. The molecule has 1 unspecified atom stereocenters. The molecule has 0 saturated carbocycles. The van der Waals surface area contributed by atoms with Gasteiger partial charge >= 0.3 is 0 Å². The fourth-order valence-corrected chi connectivity index (χ4v) is 2.78. The van der Waals surface area contributed by atoms with Crippen molar-refractivity contribution < 1.29 is 18.3 Å². The highest BCUT2D eigenvalue weighted by Crippen LogP contribution is 2.23. The fraction of sp³-hybridized carbons (Fsp3) is 0.412. The van der Waals surface area contributed by atoms with E-state index in [0.717, 1.165) is 19.4 Å². The first-order valence-electron chi connectivity index (χ1n) is 7.71. The van der Waals surface area contributed by atoms with E-state index in [4.69, 9.17) is 9.15 Å². The number of amides is 1. The average molecular weight is 318 g/mol. The molecule has 1 aromatic heterocycles. The molecule has 2 aromatic rings. The Hall–Kier alpha value is -2.37. The minimum absolute atomic E-state index is 0.0954. The maximum Gasteiger partial charge on any atom is 0.291 e. The van der Waals surface area contributed by atoms with Crippen LogP contribution in [0.5, 0.6) is 5.75 Å². The fourth-order valence-electron chi connectivity index (χ4n) is 2.78. The van der Waals surface area contributed by atoms with Gasteiger partial charge in [-0.25, -0.2) is 9.37 Å². The van der Waals surface area contributed by atoms with E-state index in [-0.39, 0.29) is 11.7 Å². The van der Waals surface area contributed by atoms with Crippen molar-refractivity contribution in [1.82, 2.24) is 9.88 Å². The first kappa shape index (κ1) is 15.5. The minimum Gasteiger partial charge on any atom is -0.494 e. The predicted octanol–water partition coefficient (Wildman–Crippen LogP) is 3.05. The number of halogens is 1. The van der Waals surface area contributed by atoms with Gasteiger partial charge in [0, 0.05) is 13.1 Å². The van der Waals surface area contributed by atoms with E-state index < -0.39 is 0 Å². The molecule has 3 rings (SSSR count). The second-order valence-corrected chi connectivity index (χ2v) is 5.76. The van der Waals surface area contributed by atoms with Crippen LogP contribution in [0.3, 0.4) is 0 Å². The van der Waals surface area contributed by atoms with E-state index >= 15 is 0 Å². The van der Waals surface area contributed by atoms with Crippen LogP contribution >= 0.6 is 0 Å². The molecule has 23 heavy (non-hydrogen) atoms. The van der Waals surface area contributed by atoms with Crippen LogP contribution in [0.25, 0.3) is 0 Å². The molecule has 2 heterocycles. The number of nitrogens with zero attached hydrogens (tertiary/aromatic N) is 2. The summed E-state index contributed by atoms with van der Waals surface area (Å²) in [5, 5.41) is 0. The Morgan fingerprint density at radius 2 is 2.22 bits per heavy atom. The van der Waals surface area contributed by atoms with Crippen molar-refractivity contribution in [3.8, 4) is 5.75 Å². The summed E-state index contributed by atoms with van der Waals surface area (Å²) < 4.78 is 23.6. The molecule has 0 N–H and O–H groups in total. The van der Waals surface area contributed by atoms with Gasteiger partial charge in [0.1, 0.15) is 11.6 Å². The Bertz CT molecular complexity index is 669. The lowest BCUT2D eigenvalue weighted by molar-refractivity contribution is 0.0752. The van der Waals surface area contributed by atoms with Crippen molar-refractivity contribution in [2.24, 2.45) is 5.92 Å². The van der Waals surface area contributed by atoms with Crippen LogP contribution in [0.1, 0.15) is 29.1 Å². The SMILES string of the molecule is Cc1ncoc1C(=O)N1CCC(CCOc2ccc(F)cc2)C1. The molecule has 6 heteroatoms. The lowest BCUT2D eigenvalue weighted by atomic mass is 10.1. The number of hydrogen-bond donors (Lipinski definition) is 0. The van der Waals surface area contributed by atoms with Crippen molar-refractivity contribution in [3.63, 3.8) is 0 Å². The number of likely N-dealkylation sites (tertiary alicyclic amines) is 1. The summed E-state index contributed by atoms with van der Waals surface area (Å²) in [5.74, 6) is 1.03. The summed E-state index contributed by atoms with van der Waals surface area (Å²) in [7, 11) is 0. The van der Waals surface area contributed by atoms with Crippen LogP contribution in [0.2, 0.25) is 0 Å². The molecule has 1 fully saturated rings. The molecule has 0 spiro atoms. The molecule has 122 valence electrons. The van der Waals surface area contributed by atoms with E-state index in [0.29, 0.717) is 36.3 Å². The van der Waals surface area contributed by atoms with E-state index in [1.165, 1.54) is 18.5 Å². The second-order valence-electron chi connectivity index (χ2n) is 5.76. The number of hydrogen-bond acceptors (Lipinski definition) is 4. The molecule has 0 radical (unpaired) electrons. The van der Waals surface area contributed by atoms with Gasteiger partial charge < -0.3 is 14.1 Å². The number of carbonyl (C=O) groups is 1. The van der Waals surface area contributed by atoms with Crippen molar-refractivity contribution in [2.45, 2.75) is 19.8 Å². The van der Waals surface area contributed by atoms with Crippen LogP contribution < -0.4 is 4.74 Å². The van der Waals surface area contributed by atoms with Crippen LogP contribution in [-0.2, 0) is 0 Å². The molecule has 1 atom stereocenters. The molecular formula is C17H19FN2O3. The highest BCUT2D eigenvalue weighted by molar-refractivity contribution is 5.92. The van der Waals surface area contributed by atoms with Gasteiger partial charge in [0.15, 0.2) is 6.39 Å². The normalized spacial score (nSPS) is 17.5. The van der Waals surface area contributed by atoms with Gasteiger partial charge in [-0.1, -0.05) is 0 Å². The standard InChI is InChI=1S/C17H19FN2O3/c1-12-16(23-11-19-12)17(21)20-8-6-13(10-20)7-9-22-15-4-2-14(18)3-5-15/h2-5,11,13H,6-10H2,1H3. The number of aromatic nitrogens is 1. The summed E-state index contributed by atoms with van der Waals surface area (Å²) >= 11 is 0. The van der Waals surface area contributed by atoms with Gasteiger partial charge in [0.25, 0.3) is 5.91 Å². The monoisotopic (exact) mass is 318 g/mol. The van der Waals surface area contributed by atoms with E-state index in [9.17, 15) is 9.18 Å².